The molecule has 1 N–H and O–H groups in total. The number of halogens is 1. The summed E-state index contributed by atoms with van der Waals surface area (Å²) in [5.74, 6) is 0.727. The van der Waals surface area contributed by atoms with E-state index in [9.17, 15) is 0 Å². The highest BCUT2D eigenvalue weighted by Gasteiger charge is 2.07. The van der Waals surface area contributed by atoms with Crippen molar-refractivity contribution in [1.82, 2.24) is 15.0 Å². The predicted octanol–water partition coefficient (Wildman–Crippen LogP) is 2.70. The Morgan fingerprint density at radius 1 is 1.31 bits per heavy atom. The van der Waals surface area contributed by atoms with E-state index in [4.69, 9.17) is 11.6 Å². The number of rotatable bonds is 3. The second-order valence-corrected chi connectivity index (χ2v) is 3.73. The quantitative estimate of drug-likeness (QED) is 0.830. The molecule has 0 aliphatic heterocycles. The number of nitrogens with zero attached hydrogens (tertiary/aromatic N) is 3. The number of aromatic nitrogens is 3. The van der Waals surface area contributed by atoms with Crippen molar-refractivity contribution >= 4 is 17.4 Å². The highest BCUT2D eigenvalue weighted by atomic mass is 35.5. The van der Waals surface area contributed by atoms with Crippen molar-refractivity contribution in [1.29, 1.82) is 0 Å². The maximum Gasteiger partial charge on any atom is 0.131 e. The number of anilines is 1. The Morgan fingerprint density at radius 2 is 2.19 bits per heavy atom. The van der Waals surface area contributed by atoms with Gasteiger partial charge in [-0.25, -0.2) is 4.98 Å². The van der Waals surface area contributed by atoms with Crippen LogP contribution in [0, 0.1) is 0 Å². The van der Waals surface area contributed by atoms with E-state index >= 15 is 0 Å². The van der Waals surface area contributed by atoms with Crippen LogP contribution in [0.2, 0.25) is 5.15 Å². The van der Waals surface area contributed by atoms with Gasteiger partial charge in [-0.3, -0.25) is 9.97 Å². The van der Waals surface area contributed by atoms with Gasteiger partial charge in [0.1, 0.15) is 11.0 Å². The molecule has 4 nitrogen and oxygen atoms in total. The molecule has 1 unspecified atom stereocenters. The van der Waals surface area contributed by atoms with Crippen molar-refractivity contribution in [3.63, 3.8) is 0 Å². The van der Waals surface area contributed by atoms with Gasteiger partial charge in [0.05, 0.1) is 17.9 Å². The van der Waals surface area contributed by atoms with Crippen molar-refractivity contribution < 1.29 is 0 Å². The first-order valence-corrected chi connectivity index (χ1v) is 5.28. The van der Waals surface area contributed by atoms with Gasteiger partial charge in [-0.15, -0.1) is 0 Å². The fourth-order valence-electron chi connectivity index (χ4n) is 1.32. The van der Waals surface area contributed by atoms with Gasteiger partial charge in [0, 0.05) is 12.4 Å². The first kappa shape index (κ1) is 10.8. The average Bonchev–Trinajstić information content (AvgIpc) is 2.30. The molecule has 5 heteroatoms. The summed E-state index contributed by atoms with van der Waals surface area (Å²) in [7, 11) is 0. The van der Waals surface area contributed by atoms with Crippen molar-refractivity contribution in [2.24, 2.45) is 0 Å². The minimum Gasteiger partial charge on any atom is -0.362 e. The molecule has 0 radical (unpaired) electrons. The Bertz CT molecular complexity index is 461. The van der Waals surface area contributed by atoms with Crippen LogP contribution >= 0.6 is 11.6 Å². The minimum absolute atomic E-state index is 0.0414. The molecule has 82 valence electrons. The van der Waals surface area contributed by atoms with Gasteiger partial charge in [0.25, 0.3) is 0 Å². The van der Waals surface area contributed by atoms with E-state index in [1.807, 2.05) is 19.1 Å². The standard InChI is InChI=1S/C11H11ClN4/c1-8(9-7-13-5-6-14-9)15-11-4-2-3-10(12)16-11/h2-8H,1H3,(H,15,16). The molecule has 0 aromatic carbocycles. The number of hydrogen-bond donors (Lipinski definition) is 1. The van der Waals surface area contributed by atoms with Gasteiger partial charge >= 0.3 is 0 Å². The highest BCUT2D eigenvalue weighted by molar-refractivity contribution is 6.29. The second kappa shape index (κ2) is 4.90. The summed E-state index contributed by atoms with van der Waals surface area (Å²) in [6.45, 7) is 1.99. The fourth-order valence-corrected chi connectivity index (χ4v) is 1.48. The molecule has 0 bridgehead atoms. The highest BCUT2D eigenvalue weighted by Crippen LogP contribution is 2.16. The van der Waals surface area contributed by atoms with Crippen LogP contribution in [0.25, 0.3) is 0 Å². The molecule has 0 spiro atoms. The molecule has 0 fully saturated rings. The Labute approximate surface area is 98.7 Å². The van der Waals surface area contributed by atoms with Crippen LogP contribution in [0.15, 0.2) is 36.8 Å². The normalized spacial score (nSPS) is 12.1. The second-order valence-electron chi connectivity index (χ2n) is 3.34. The monoisotopic (exact) mass is 234 g/mol. The third-order valence-electron chi connectivity index (χ3n) is 2.11. The fraction of sp³-hybridized carbons (Fsp3) is 0.182. The zero-order valence-electron chi connectivity index (χ0n) is 8.76. The van der Waals surface area contributed by atoms with Crippen LogP contribution in [0.4, 0.5) is 5.82 Å². The number of nitrogens with one attached hydrogen (secondary N) is 1. The SMILES string of the molecule is CC(Nc1cccc(Cl)n1)c1cnccn1. The minimum atomic E-state index is 0.0414. The largest absolute Gasteiger partial charge is 0.362 e. The molecule has 2 heterocycles. The maximum atomic E-state index is 5.80. The topological polar surface area (TPSA) is 50.7 Å². The van der Waals surface area contributed by atoms with Gasteiger partial charge in [-0.1, -0.05) is 17.7 Å². The van der Waals surface area contributed by atoms with Gasteiger partial charge < -0.3 is 5.32 Å². The van der Waals surface area contributed by atoms with E-state index in [1.165, 1.54) is 0 Å². The molecule has 0 amide bonds. The van der Waals surface area contributed by atoms with Gasteiger partial charge in [0.15, 0.2) is 0 Å². The third-order valence-corrected chi connectivity index (χ3v) is 2.32. The first-order valence-electron chi connectivity index (χ1n) is 4.91. The first-order chi connectivity index (χ1) is 7.75. The van der Waals surface area contributed by atoms with E-state index in [-0.39, 0.29) is 6.04 Å². The third kappa shape index (κ3) is 2.67. The van der Waals surface area contributed by atoms with Crippen LogP contribution in [0.5, 0.6) is 0 Å². The lowest BCUT2D eigenvalue weighted by atomic mass is 10.2. The molecule has 0 saturated carbocycles. The van der Waals surface area contributed by atoms with Crippen LogP contribution < -0.4 is 5.32 Å². The molecule has 0 aliphatic carbocycles. The summed E-state index contributed by atoms with van der Waals surface area (Å²) >= 11 is 5.80. The van der Waals surface area contributed by atoms with E-state index < -0.39 is 0 Å². The molecule has 1 atom stereocenters. The summed E-state index contributed by atoms with van der Waals surface area (Å²) in [4.78, 5) is 12.4. The van der Waals surface area contributed by atoms with E-state index in [1.54, 1.807) is 24.7 Å². The zero-order valence-corrected chi connectivity index (χ0v) is 9.52. The van der Waals surface area contributed by atoms with Gasteiger partial charge in [-0.2, -0.15) is 0 Å². The van der Waals surface area contributed by atoms with E-state index in [0.717, 1.165) is 11.5 Å². The molecular formula is C11H11ClN4. The van der Waals surface area contributed by atoms with Crippen molar-refractivity contribution in [3.8, 4) is 0 Å². The van der Waals surface area contributed by atoms with E-state index in [0.29, 0.717) is 5.15 Å². The van der Waals surface area contributed by atoms with Crippen LogP contribution in [-0.4, -0.2) is 15.0 Å². The molecule has 2 aromatic heterocycles. The Balaban J connectivity index is 2.11. The maximum absolute atomic E-state index is 5.80. The Kier molecular flexibility index (Phi) is 3.31. The van der Waals surface area contributed by atoms with Crippen molar-refractivity contribution in [3.05, 3.63) is 47.6 Å². The van der Waals surface area contributed by atoms with Crippen molar-refractivity contribution in [2.45, 2.75) is 13.0 Å². The lowest BCUT2D eigenvalue weighted by molar-refractivity contribution is 0.821. The Morgan fingerprint density at radius 3 is 2.88 bits per heavy atom. The van der Waals surface area contributed by atoms with Crippen LogP contribution in [0.1, 0.15) is 18.7 Å². The van der Waals surface area contributed by atoms with Crippen LogP contribution in [-0.2, 0) is 0 Å². The van der Waals surface area contributed by atoms with E-state index in [2.05, 4.69) is 20.3 Å². The predicted molar refractivity (Wildman–Crippen MR) is 63.3 cm³/mol. The zero-order chi connectivity index (χ0) is 11.4. The molecule has 16 heavy (non-hydrogen) atoms. The van der Waals surface area contributed by atoms with Crippen LogP contribution in [0.3, 0.4) is 0 Å². The average molecular weight is 235 g/mol. The van der Waals surface area contributed by atoms with Crippen molar-refractivity contribution in [2.75, 3.05) is 5.32 Å². The lowest BCUT2D eigenvalue weighted by Crippen LogP contribution is -2.09. The summed E-state index contributed by atoms with van der Waals surface area (Å²) in [5.41, 5.74) is 0.865. The smallest absolute Gasteiger partial charge is 0.131 e. The summed E-state index contributed by atoms with van der Waals surface area (Å²) in [6, 6.07) is 5.49. The molecule has 0 aliphatic rings. The molecule has 2 rings (SSSR count). The summed E-state index contributed by atoms with van der Waals surface area (Å²) in [6.07, 6.45) is 5.04. The summed E-state index contributed by atoms with van der Waals surface area (Å²) < 4.78 is 0. The number of pyridine rings is 1. The Hall–Kier alpha value is -1.68. The molecule has 0 saturated heterocycles. The number of hydrogen-bond acceptors (Lipinski definition) is 4. The molecule has 2 aromatic rings. The van der Waals surface area contributed by atoms with Gasteiger partial charge in [-0.05, 0) is 19.1 Å². The molecular weight excluding hydrogens is 224 g/mol. The lowest BCUT2D eigenvalue weighted by Gasteiger charge is -2.13. The van der Waals surface area contributed by atoms with Gasteiger partial charge in [0.2, 0.25) is 0 Å². The summed E-state index contributed by atoms with van der Waals surface area (Å²) in [5, 5.41) is 3.67.